The molecule has 0 aromatic rings. The summed E-state index contributed by atoms with van der Waals surface area (Å²) in [5.74, 6) is 1.54. The highest BCUT2D eigenvalue weighted by atomic mass is 32.2. The first-order valence-electron chi connectivity index (χ1n) is 7.49. The van der Waals surface area contributed by atoms with Crippen molar-refractivity contribution < 1.29 is 9.53 Å². The number of nitrogens with zero attached hydrogens (tertiary/aromatic N) is 1. The maximum Gasteiger partial charge on any atom is 0.228 e. The van der Waals surface area contributed by atoms with Gasteiger partial charge in [-0.3, -0.25) is 4.79 Å². The van der Waals surface area contributed by atoms with Crippen LogP contribution in [0.1, 0.15) is 46.5 Å². The fourth-order valence-corrected chi connectivity index (χ4v) is 3.81. The molecule has 1 amide bonds. The molecule has 0 radical (unpaired) electrons. The van der Waals surface area contributed by atoms with Gasteiger partial charge in [-0.15, -0.1) is 0 Å². The molecule has 2 rings (SSSR count). The number of carbonyl (C=O) groups excluding carboxylic acids is 1. The van der Waals surface area contributed by atoms with Crippen LogP contribution in [0.25, 0.3) is 0 Å². The minimum Gasteiger partial charge on any atom is -0.381 e. The van der Waals surface area contributed by atoms with Crippen LogP contribution in [0.2, 0.25) is 0 Å². The van der Waals surface area contributed by atoms with Gasteiger partial charge >= 0.3 is 0 Å². The number of hydrogen-bond donors (Lipinski definition) is 0. The summed E-state index contributed by atoms with van der Waals surface area (Å²) in [5.41, 5.74) is 0. The Labute approximate surface area is 121 Å². The number of amides is 1. The molecule has 0 saturated carbocycles. The van der Waals surface area contributed by atoms with Crippen molar-refractivity contribution in [2.24, 2.45) is 5.92 Å². The molecular formula is C15H27NO2S. The van der Waals surface area contributed by atoms with E-state index in [4.69, 9.17) is 4.74 Å². The summed E-state index contributed by atoms with van der Waals surface area (Å²) in [5, 5.41) is 0. The van der Waals surface area contributed by atoms with E-state index in [1.807, 2.05) is 11.8 Å². The number of rotatable bonds is 3. The topological polar surface area (TPSA) is 29.5 Å². The fourth-order valence-electron chi connectivity index (χ4n) is 2.77. The van der Waals surface area contributed by atoms with E-state index < -0.39 is 0 Å². The number of carbonyl (C=O) groups is 1. The van der Waals surface area contributed by atoms with Crippen LogP contribution in [-0.4, -0.2) is 47.1 Å². The summed E-state index contributed by atoms with van der Waals surface area (Å²) in [4.78, 5) is 14.7. The monoisotopic (exact) mass is 285 g/mol. The molecule has 0 bridgehead atoms. The van der Waals surface area contributed by atoms with E-state index in [0.717, 1.165) is 31.7 Å². The second-order valence-electron chi connectivity index (χ2n) is 6.67. The van der Waals surface area contributed by atoms with Gasteiger partial charge in [0.1, 0.15) is 0 Å². The molecule has 0 aromatic carbocycles. The predicted molar refractivity (Wildman–Crippen MR) is 80.5 cm³/mol. The zero-order chi connectivity index (χ0) is 13.9. The van der Waals surface area contributed by atoms with Gasteiger partial charge in [-0.1, -0.05) is 20.8 Å². The van der Waals surface area contributed by atoms with Gasteiger partial charge in [-0.25, -0.2) is 0 Å². The Kier molecular flexibility index (Phi) is 5.18. The lowest BCUT2D eigenvalue weighted by Gasteiger charge is -2.38. The first-order chi connectivity index (χ1) is 8.97. The Morgan fingerprint density at radius 1 is 1.32 bits per heavy atom. The van der Waals surface area contributed by atoms with Crippen molar-refractivity contribution in [1.82, 2.24) is 4.90 Å². The molecule has 0 aliphatic carbocycles. The van der Waals surface area contributed by atoms with E-state index in [-0.39, 0.29) is 10.7 Å². The summed E-state index contributed by atoms with van der Waals surface area (Å²) >= 11 is 1.98. The lowest BCUT2D eigenvalue weighted by Crippen LogP contribution is -2.48. The highest BCUT2D eigenvalue weighted by molar-refractivity contribution is 8.00. The lowest BCUT2D eigenvalue weighted by molar-refractivity contribution is -0.138. The lowest BCUT2D eigenvalue weighted by atomic mass is 9.99. The molecule has 0 spiro atoms. The second-order valence-corrected chi connectivity index (χ2v) is 8.51. The summed E-state index contributed by atoms with van der Waals surface area (Å²) in [6, 6.07) is 0.436. The molecule has 2 heterocycles. The average molecular weight is 285 g/mol. The predicted octanol–water partition coefficient (Wildman–Crippen LogP) is 2.94. The van der Waals surface area contributed by atoms with Crippen molar-refractivity contribution in [3.8, 4) is 0 Å². The minimum absolute atomic E-state index is 0.125. The van der Waals surface area contributed by atoms with E-state index >= 15 is 0 Å². The average Bonchev–Trinajstić information content (AvgIpc) is 2.89. The van der Waals surface area contributed by atoms with Crippen molar-refractivity contribution in [2.75, 3.05) is 25.5 Å². The first kappa shape index (κ1) is 15.2. The molecule has 2 saturated heterocycles. The number of ether oxygens (including phenoxy) is 1. The van der Waals surface area contributed by atoms with Crippen LogP contribution in [0.3, 0.4) is 0 Å². The van der Waals surface area contributed by atoms with E-state index in [2.05, 4.69) is 25.7 Å². The smallest absolute Gasteiger partial charge is 0.228 e. The Morgan fingerprint density at radius 3 is 2.74 bits per heavy atom. The maximum atomic E-state index is 12.6. The Bertz CT molecular complexity index is 308. The maximum absolute atomic E-state index is 12.6. The summed E-state index contributed by atoms with van der Waals surface area (Å²) in [6.45, 7) is 9.08. The molecule has 2 aliphatic heterocycles. The van der Waals surface area contributed by atoms with Gasteiger partial charge in [0.05, 0.1) is 12.5 Å². The molecule has 0 unspecified atom stereocenters. The van der Waals surface area contributed by atoms with Crippen LogP contribution >= 0.6 is 11.8 Å². The zero-order valence-corrected chi connectivity index (χ0v) is 13.3. The van der Waals surface area contributed by atoms with E-state index in [1.54, 1.807) is 0 Å². The third-order valence-corrected chi connectivity index (χ3v) is 5.32. The normalized spacial score (nSPS) is 28.7. The zero-order valence-electron chi connectivity index (χ0n) is 12.5. The molecule has 2 aliphatic rings. The Balaban J connectivity index is 1.93. The summed E-state index contributed by atoms with van der Waals surface area (Å²) < 4.78 is 5.65. The Hall–Kier alpha value is -0.220. The molecule has 2 fully saturated rings. The third-order valence-electron chi connectivity index (χ3n) is 3.90. The summed E-state index contributed by atoms with van der Waals surface area (Å²) in [6.07, 6.45) is 4.51. The first-order valence-corrected chi connectivity index (χ1v) is 8.48. The Morgan fingerprint density at radius 2 is 2.11 bits per heavy atom. The van der Waals surface area contributed by atoms with Gasteiger partial charge in [-0.05, 0) is 25.7 Å². The number of hydrogen-bond acceptors (Lipinski definition) is 3. The van der Waals surface area contributed by atoms with Crippen LogP contribution in [0.4, 0.5) is 0 Å². The number of likely N-dealkylation sites (tertiary alicyclic amines) is 1. The highest BCUT2D eigenvalue weighted by Crippen LogP contribution is 2.30. The molecule has 19 heavy (non-hydrogen) atoms. The van der Waals surface area contributed by atoms with Crippen LogP contribution in [0.5, 0.6) is 0 Å². The molecule has 3 nitrogen and oxygen atoms in total. The number of thioether (sulfide) groups is 1. The summed E-state index contributed by atoms with van der Waals surface area (Å²) in [7, 11) is 0. The van der Waals surface area contributed by atoms with E-state index in [1.165, 1.54) is 12.8 Å². The van der Waals surface area contributed by atoms with Crippen molar-refractivity contribution >= 4 is 17.7 Å². The van der Waals surface area contributed by atoms with Crippen LogP contribution in [-0.2, 0) is 9.53 Å². The standard InChI is InChI=1S/C15H27NO2S/c1-15(2,3)19-11-13-6-4-5-8-16(13)14(17)12-7-9-18-10-12/h12-13H,4-11H2,1-3H3/t12-,13-/m0/s1. The van der Waals surface area contributed by atoms with Gasteiger partial charge in [-0.2, -0.15) is 11.8 Å². The molecule has 2 atom stereocenters. The molecule has 110 valence electrons. The van der Waals surface area contributed by atoms with Crippen molar-refractivity contribution in [2.45, 2.75) is 57.2 Å². The fraction of sp³-hybridized carbons (Fsp3) is 0.933. The third kappa shape index (κ3) is 4.38. The molecular weight excluding hydrogens is 258 g/mol. The van der Waals surface area contributed by atoms with Gasteiger partial charge in [0.25, 0.3) is 0 Å². The SMILES string of the molecule is CC(C)(C)SC[C@@H]1CCCCN1C(=O)[C@H]1CCOC1. The van der Waals surface area contributed by atoms with E-state index in [0.29, 0.717) is 18.6 Å². The van der Waals surface area contributed by atoms with Crippen molar-refractivity contribution in [3.05, 3.63) is 0 Å². The van der Waals surface area contributed by atoms with Crippen molar-refractivity contribution in [3.63, 3.8) is 0 Å². The van der Waals surface area contributed by atoms with Crippen molar-refractivity contribution in [1.29, 1.82) is 0 Å². The molecule has 4 heteroatoms. The molecule has 0 N–H and O–H groups in total. The highest BCUT2D eigenvalue weighted by Gasteiger charge is 2.33. The van der Waals surface area contributed by atoms with E-state index in [9.17, 15) is 4.79 Å². The quantitative estimate of drug-likeness (QED) is 0.798. The van der Waals surface area contributed by atoms with Gasteiger partial charge in [0, 0.05) is 29.7 Å². The van der Waals surface area contributed by atoms with Crippen LogP contribution < -0.4 is 0 Å². The largest absolute Gasteiger partial charge is 0.381 e. The van der Waals surface area contributed by atoms with Gasteiger partial charge in [0.15, 0.2) is 0 Å². The van der Waals surface area contributed by atoms with Gasteiger partial charge in [0.2, 0.25) is 5.91 Å². The minimum atomic E-state index is 0.125. The second kappa shape index (κ2) is 6.49. The van der Waals surface area contributed by atoms with Crippen LogP contribution in [0, 0.1) is 5.92 Å². The number of piperidine rings is 1. The van der Waals surface area contributed by atoms with Crippen LogP contribution in [0.15, 0.2) is 0 Å². The van der Waals surface area contributed by atoms with Gasteiger partial charge < -0.3 is 9.64 Å². The molecule has 0 aromatic heterocycles.